The summed E-state index contributed by atoms with van der Waals surface area (Å²) in [4.78, 5) is 26.1. The minimum atomic E-state index is -0.838. The normalized spacial score (nSPS) is 21.2. The fourth-order valence-corrected chi connectivity index (χ4v) is 2.78. The minimum absolute atomic E-state index is 0.0246. The molecule has 92 valence electrons. The van der Waals surface area contributed by atoms with E-state index in [0.29, 0.717) is 13.1 Å². The second kappa shape index (κ2) is 6.10. The number of amides is 1. The van der Waals surface area contributed by atoms with Gasteiger partial charge in [-0.3, -0.25) is 9.59 Å². The summed E-state index contributed by atoms with van der Waals surface area (Å²) in [7, 11) is 3.67. The molecule has 1 rings (SSSR count). The first kappa shape index (κ1) is 13.3. The lowest BCUT2D eigenvalue weighted by Crippen LogP contribution is -2.49. The molecule has 0 saturated carbocycles. The summed E-state index contributed by atoms with van der Waals surface area (Å²) in [6.07, 6.45) is 0.0478. The van der Waals surface area contributed by atoms with Gasteiger partial charge in [-0.2, -0.15) is 11.8 Å². The Morgan fingerprint density at radius 3 is 2.75 bits per heavy atom. The maximum Gasteiger partial charge on any atom is 0.305 e. The lowest BCUT2D eigenvalue weighted by Gasteiger charge is -2.35. The van der Waals surface area contributed by atoms with E-state index < -0.39 is 5.97 Å². The first-order valence-corrected chi connectivity index (χ1v) is 6.40. The van der Waals surface area contributed by atoms with Gasteiger partial charge in [0.15, 0.2) is 0 Å². The summed E-state index contributed by atoms with van der Waals surface area (Å²) >= 11 is 1.71. The van der Waals surface area contributed by atoms with E-state index in [9.17, 15) is 9.59 Å². The summed E-state index contributed by atoms with van der Waals surface area (Å²) in [6, 6.07) is -0.149. The van der Waals surface area contributed by atoms with Gasteiger partial charge in [0, 0.05) is 18.1 Å². The minimum Gasteiger partial charge on any atom is -0.481 e. The monoisotopic (exact) mass is 246 g/mol. The number of likely N-dealkylation sites (N-methyl/N-ethyl adjacent to an activating group) is 1. The molecule has 1 fully saturated rings. The van der Waals surface area contributed by atoms with E-state index in [4.69, 9.17) is 5.11 Å². The van der Waals surface area contributed by atoms with Crippen LogP contribution < -0.4 is 0 Å². The van der Waals surface area contributed by atoms with Gasteiger partial charge in [-0.15, -0.1) is 0 Å². The summed E-state index contributed by atoms with van der Waals surface area (Å²) in [5.41, 5.74) is 0. The summed E-state index contributed by atoms with van der Waals surface area (Å²) in [6.45, 7) is 1.01. The Hall–Kier alpha value is -0.750. The molecular weight excluding hydrogens is 228 g/mol. The second-order valence-electron chi connectivity index (χ2n) is 4.15. The highest BCUT2D eigenvalue weighted by Gasteiger charge is 2.28. The molecule has 1 aliphatic heterocycles. The highest BCUT2D eigenvalue weighted by Crippen LogP contribution is 2.19. The molecule has 0 aromatic rings. The van der Waals surface area contributed by atoms with E-state index in [1.54, 1.807) is 16.7 Å². The van der Waals surface area contributed by atoms with Crippen molar-refractivity contribution in [3.8, 4) is 0 Å². The molecule has 1 unspecified atom stereocenters. The molecule has 1 N–H and O–H groups in total. The van der Waals surface area contributed by atoms with Crippen LogP contribution >= 0.6 is 11.8 Å². The zero-order valence-corrected chi connectivity index (χ0v) is 10.5. The molecule has 0 spiro atoms. The van der Waals surface area contributed by atoms with Crippen molar-refractivity contribution in [2.75, 3.05) is 38.7 Å². The van der Waals surface area contributed by atoms with Crippen molar-refractivity contribution in [3.63, 3.8) is 0 Å². The maximum atomic E-state index is 11.9. The third-order valence-electron chi connectivity index (χ3n) is 2.41. The molecule has 0 aliphatic carbocycles. The molecule has 0 aromatic carbocycles. The van der Waals surface area contributed by atoms with Gasteiger partial charge < -0.3 is 14.9 Å². The fraction of sp³-hybridized carbons (Fsp3) is 0.800. The molecule has 1 amide bonds. The topological polar surface area (TPSA) is 60.9 Å². The standard InChI is InChI=1S/C10H18N2O3S/c1-11(2)6-9(13)12-3-4-16-7-8(12)5-10(14)15/h8H,3-7H2,1-2H3,(H,14,15). The third kappa shape index (κ3) is 4.02. The lowest BCUT2D eigenvalue weighted by molar-refractivity contribution is -0.140. The van der Waals surface area contributed by atoms with Crippen LogP contribution in [0.4, 0.5) is 0 Å². The van der Waals surface area contributed by atoms with Gasteiger partial charge in [-0.05, 0) is 14.1 Å². The highest BCUT2D eigenvalue weighted by atomic mass is 32.2. The number of carbonyl (C=O) groups is 2. The van der Waals surface area contributed by atoms with E-state index in [1.165, 1.54) is 0 Å². The summed E-state index contributed by atoms with van der Waals surface area (Å²) in [5.74, 6) is 0.813. The maximum absolute atomic E-state index is 11.9. The largest absolute Gasteiger partial charge is 0.481 e. The van der Waals surface area contributed by atoms with Gasteiger partial charge in [0.25, 0.3) is 0 Å². The SMILES string of the molecule is CN(C)CC(=O)N1CCSCC1CC(=O)O. The van der Waals surface area contributed by atoms with Crippen LogP contribution in [0.3, 0.4) is 0 Å². The van der Waals surface area contributed by atoms with E-state index >= 15 is 0 Å². The van der Waals surface area contributed by atoms with Crippen LogP contribution in [-0.2, 0) is 9.59 Å². The van der Waals surface area contributed by atoms with E-state index in [0.717, 1.165) is 11.5 Å². The fourth-order valence-electron chi connectivity index (χ4n) is 1.72. The highest BCUT2D eigenvalue weighted by molar-refractivity contribution is 7.99. The molecule has 1 aliphatic rings. The zero-order chi connectivity index (χ0) is 12.1. The molecule has 0 radical (unpaired) electrons. The van der Waals surface area contributed by atoms with Gasteiger partial charge in [-0.1, -0.05) is 0 Å². The van der Waals surface area contributed by atoms with Crippen molar-refractivity contribution in [3.05, 3.63) is 0 Å². The Kier molecular flexibility index (Phi) is 5.08. The van der Waals surface area contributed by atoms with Crippen LogP contribution in [0.15, 0.2) is 0 Å². The number of carboxylic acid groups (broad SMARTS) is 1. The van der Waals surface area contributed by atoms with Gasteiger partial charge in [-0.25, -0.2) is 0 Å². The molecule has 5 nitrogen and oxygen atoms in total. The number of hydrogen-bond acceptors (Lipinski definition) is 4. The van der Waals surface area contributed by atoms with Gasteiger partial charge >= 0.3 is 5.97 Å². The predicted molar refractivity (Wildman–Crippen MR) is 63.6 cm³/mol. The molecule has 16 heavy (non-hydrogen) atoms. The smallest absolute Gasteiger partial charge is 0.305 e. The number of hydrogen-bond donors (Lipinski definition) is 1. The number of nitrogens with zero attached hydrogens (tertiary/aromatic N) is 2. The van der Waals surface area contributed by atoms with Crippen molar-refractivity contribution in [2.45, 2.75) is 12.5 Å². The van der Waals surface area contributed by atoms with Crippen LogP contribution in [0.1, 0.15) is 6.42 Å². The molecule has 1 heterocycles. The molecule has 1 atom stereocenters. The predicted octanol–water partition coefficient (Wildman–Crippen LogP) is -0.0333. The number of carbonyl (C=O) groups excluding carboxylic acids is 1. The van der Waals surface area contributed by atoms with Crippen molar-refractivity contribution in [1.29, 1.82) is 0 Å². The molecule has 6 heteroatoms. The van der Waals surface area contributed by atoms with Crippen LogP contribution in [-0.4, -0.2) is 71.5 Å². The van der Waals surface area contributed by atoms with Gasteiger partial charge in [0.1, 0.15) is 0 Å². The number of aliphatic carboxylic acids is 1. The molecule has 0 bridgehead atoms. The van der Waals surface area contributed by atoms with Crippen LogP contribution in [0.2, 0.25) is 0 Å². The van der Waals surface area contributed by atoms with Crippen molar-refractivity contribution in [2.24, 2.45) is 0 Å². The Balaban J connectivity index is 2.58. The lowest BCUT2D eigenvalue weighted by atomic mass is 10.2. The number of carboxylic acids is 1. The summed E-state index contributed by atoms with van der Waals surface area (Å²) in [5, 5.41) is 8.79. The third-order valence-corrected chi connectivity index (χ3v) is 3.50. The Labute approximate surface area is 99.8 Å². The quantitative estimate of drug-likeness (QED) is 0.754. The number of rotatable bonds is 4. The van der Waals surface area contributed by atoms with E-state index in [1.807, 2.05) is 19.0 Å². The zero-order valence-electron chi connectivity index (χ0n) is 9.68. The van der Waals surface area contributed by atoms with Crippen LogP contribution in [0.25, 0.3) is 0 Å². The van der Waals surface area contributed by atoms with E-state index in [-0.39, 0.29) is 18.4 Å². The molecule has 1 saturated heterocycles. The van der Waals surface area contributed by atoms with Crippen molar-refractivity contribution >= 4 is 23.6 Å². The van der Waals surface area contributed by atoms with Gasteiger partial charge in [0.2, 0.25) is 5.91 Å². The second-order valence-corrected chi connectivity index (χ2v) is 5.30. The van der Waals surface area contributed by atoms with Gasteiger partial charge in [0.05, 0.1) is 19.0 Å². The Bertz CT molecular complexity index is 271. The average Bonchev–Trinajstić information content (AvgIpc) is 2.16. The van der Waals surface area contributed by atoms with Crippen LogP contribution in [0.5, 0.6) is 0 Å². The first-order chi connectivity index (χ1) is 7.50. The number of thioether (sulfide) groups is 1. The Morgan fingerprint density at radius 2 is 2.19 bits per heavy atom. The van der Waals surface area contributed by atoms with Crippen molar-refractivity contribution in [1.82, 2.24) is 9.80 Å². The van der Waals surface area contributed by atoms with Crippen molar-refractivity contribution < 1.29 is 14.7 Å². The van der Waals surface area contributed by atoms with E-state index in [2.05, 4.69) is 0 Å². The van der Waals surface area contributed by atoms with Crippen LogP contribution in [0, 0.1) is 0 Å². The average molecular weight is 246 g/mol. The summed E-state index contributed by atoms with van der Waals surface area (Å²) < 4.78 is 0. The molecular formula is C10H18N2O3S. The first-order valence-electron chi connectivity index (χ1n) is 5.24. The Morgan fingerprint density at radius 1 is 1.50 bits per heavy atom. The molecule has 0 aromatic heterocycles.